The number of aromatic nitrogens is 3. The van der Waals surface area contributed by atoms with Crippen molar-refractivity contribution in [1.82, 2.24) is 15.0 Å². The Balaban J connectivity index is 1.87. The molecule has 1 fully saturated rings. The molecule has 1 aromatic rings. The quantitative estimate of drug-likeness (QED) is 0.797. The minimum absolute atomic E-state index is 0.0785. The zero-order valence-corrected chi connectivity index (χ0v) is 9.59. The first-order chi connectivity index (χ1) is 7.59. The zero-order valence-electron chi connectivity index (χ0n) is 9.59. The summed E-state index contributed by atoms with van der Waals surface area (Å²) in [5, 5.41) is 16.5. The molecule has 0 spiro atoms. The summed E-state index contributed by atoms with van der Waals surface area (Å²) in [5.41, 5.74) is 0.630. The van der Waals surface area contributed by atoms with E-state index in [4.69, 9.17) is 14.6 Å². The highest BCUT2D eigenvalue weighted by Crippen LogP contribution is 2.23. The number of hydrogen-bond acceptors (Lipinski definition) is 5. The maximum absolute atomic E-state index is 8.85. The van der Waals surface area contributed by atoms with Crippen LogP contribution < -0.4 is 0 Å². The van der Waals surface area contributed by atoms with E-state index in [0.717, 1.165) is 0 Å². The lowest BCUT2D eigenvalue weighted by Crippen LogP contribution is -2.39. The summed E-state index contributed by atoms with van der Waals surface area (Å²) in [7, 11) is 0. The molecular formula is C10H17N3O3. The van der Waals surface area contributed by atoms with E-state index in [0.29, 0.717) is 25.5 Å². The van der Waals surface area contributed by atoms with Gasteiger partial charge in [0.15, 0.2) is 6.29 Å². The van der Waals surface area contributed by atoms with Gasteiger partial charge in [-0.1, -0.05) is 19.1 Å². The maximum atomic E-state index is 8.85. The lowest BCUT2D eigenvalue weighted by Gasteiger charge is -2.34. The molecule has 0 saturated carbocycles. The Morgan fingerprint density at radius 2 is 2.19 bits per heavy atom. The molecule has 90 valence electrons. The predicted octanol–water partition coefficient (Wildman–Crippen LogP) is 0.169. The summed E-state index contributed by atoms with van der Waals surface area (Å²) < 4.78 is 12.8. The summed E-state index contributed by atoms with van der Waals surface area (Å²) in [5.74, 6) is 0. The van der Waals surface area contributed by atoms with Crippen molar-refractivity contribution in [3.05, 3.63) is 11.9 Å². The average Bonchev–Trinajstić information content (AvgIpc) is 2.69. The number of aliphatic hydroxyl groups is 1. The molecule has 0 unspecified atom stereocenters. The zero-order chi connectivity index (χ0) is 11.6. The second-order valence-electron chi connectivity index (χ2n) is 4.81. The van der Waals surface area contributed by atoms with E-state index < -0.39 is 0 Å². The summed E-state index contributed by atoms with van der Waals surface area (Å²) in [4.78, 5) is 0. The molecule has 1 saturated heterocycles. The highest BCUT2D eigenvalue weighted by Gasteiger charge is 2.28. The van der Waals surface area contributed by atoms with Gasteiger partial charge in [0.05, 0.1) is 32.6 Å². The van der Waals surface area contributed by atoms with Gasteiger partial charge in [0.1, 0.15) is 5.69 Å². The fourth-order valence-corrected chi connectivity index (χ4v) is 1.49. The third-order valence-electron chi connectivity index (χ3n) is 2.40. The number of aliphatic hydroxyl groups excluding tert-OH is 1. The van der Waals surface area contributed by atoms with Gasteiger partial charge in [-0.05, 0) is 0 Å². The standard InChI is InChI=1S/C10H17N3O3/c1-10(2)6-15-9(16-7-10)4-13-3-8(5-14)11-12-13/h3,9,14H,4-7H2,1-2H3. The van der Waals surface area contributed by atoms with Gasteiger partial charge in [0, 0.05) is 5.41 Å². The summed E-state index contributed by atoms with van der Waals surface area (Å²) in [6, 6.07) is 0. The molecule has 1 N–H and O–H groups in total. The van der Waals surface area contributed by atoms with Gasteiger partial charge in [0.2, 0.25) is 0 Å². The van der Waals surface area contributed by atoms with E-state index in [9.17, 15) is 0 Å². The van der Waals surface area contributed by atoms with E-state index in [1.54, 1.807) is 10.9 Å². The fourth-order valence-electron chi connectivity index (χ4n) is 1.49. The van der Waals surface area contributed by atoms with Gasteiger partial charge in [-0.25, -0.2) is 4.68 Å². The van der Waals surface area contributed by atoms with Crippen LogP contribution in [0.2, 0.25) is 0 Å². The molecule has 16 heavy (non-hydrogen) atoms. The second kappa shape index (κ2) is 4.48. The third kappa shape index (κ3) is 2.78. The second-order valence-corrected chi connectivity index (χ2v) is 4.81. The predicted molar refractivity (Wildman–Crippen MR) is 55.4 cm³/mol. The van der Waals surface area contributed by atoms with Crippen LogP contribution in [0.3, 0.4) is 0 Å². The van der Waals surface area contributed by atoms with Crippen LogP contribution in [-0.2, 0) is 22.6 Å². The Hall–Kier alpha value is -0.980. The lowest BCUT2D eigenvalue weighted by atomic mass is 9.96. The molecule has 6 heteroatoms. The van der Waals surface area contributed by atoms with Crippen molar-refractivity contribution in [3.63, 3.8) is 0 Å². The molecule has 0 aliphatic carbocycles. The number of ether oxygens (including phenoxy) is 2. The molecule has 0 bridgehead atoms. The van der Waals surface area contributed by atoms with E-state index >= 15 is 0 Å². The van der Waals surface area contributed by atoms with Gasteiger partial charge in [-0.3, -0.25) is 0 Å². The van der Waals surface area contributed by atoms with E-state index in [1.165, 1.54) is 0 Å². The Labute approximate surface area is 94.2 Å². The van der Waals surface area contributed by atoms with Crippen LogP contribution in [-0.4, -0.2) is 39.6 Å². The van der Waals surface area contributed by atoms with Gasteiger partial charge in [-0.15, -0.1) is 5.10 Å². The molecule has 2 rings (SSSR count). The molecule has 0 amide bonds. The first-order valence-electron chi connectivity index (χ1n) is 5.32. The third-order valence-corrected chi connectivity index (χ3v) is 2.40. The molecule has 0 aromatic carbocycles. The van der Waals surface area contributed by atoms with Gasteiger partial charge < -0.3 is 14.6 Å². The Bertz CT molecular complexity index is 341. The van der Waals surface area contributed by atoms with Gasteiger partial charge in [-0.2, -0.15) is 0 Å². The fraction of sp³-hybridized carbons (Fsp3) is 0.800. The lowest BCUT2D eigenvalue weighted by molar-refractivity contribution is -0.227. The number of nitrogens with zero attached hydrogens (tertiary/aromatic N) is 3. The molecular weight excluding hydrogens is 210 g/mol. The van der Waals surface area contributed by atoms with Crippen LogP contribution in [0, 0.1) is 5.41 Å². The Morgan fingerprint density at radius 1 is 1.50 bits per heavy atom. The van der Waals surface area contributed by atoms with E-state index in [1.807, 2.05) is 0 Å². The molecule has 0 atom stereocenters. The highest BCUT2D eigenvalue weighted by molar-refractivity contribution is 4.89. The first-order valence-corrected chi connectivity index (χ1v) is 5.32. The highest BCUT2D eigenvalue weighted by atomic mass is 16.7. The Morgan fingerprint density at radius 3 is 2.75 bits per heavy atom. The molecule has 2 heterocycles. The van der Waals surface area contributed by atoms with Crippen molar-refractivity contribution in [2.24, 2.45) is 5.41 Å². The normalized spacial score (nSPS) is 21.2. The monoisotopic (exact) mass is 227 g/mol. The van der Waals surface area contributed by atoms with Crippen LogP contribution in [0.5, 0.6) is 0 Å². The van der Waals surface area contributed by atoms with Crippen molar-refractivity contribution >= 4 is 0 Å². The first kappa shape index (κ1) is 11.5. The molecule has 1 aromatic heterocycles. The SMILES string of the molecule is CC1(C)COC(Cn2cc(CO)nn2)OC1. The van der Waals surface area contributed by atoms with Gasteiger partial charge in [0.25, 0.3) is 0 Å². The molecule has 6 nitrogen and oxygen atoms in total. The maximum Gasteiger partial charge on any atom is 0.177 e. The van der Waals surface area contributed by atoms with Crippen molar-refractivity contribution in [1.29, 1.82) is 0 Å². The molecule has 0 radical (unpaired) electrons. The van der Waals surface area contributed by atoms with E-state index in [2.05, 4.69) is 24.2 Å². The van der Waals surface area contributed by atoms with Gasteiger partial charge >= 0.3 is 0 Å². The van der Waals surface area contributed by atoms with Crippen LogP contribution in [0.15, 0.2) is 6.20 Å². The van der Waals surface area contributed by atoms with Crippen molar-refractivity contribution in [2.45, 2.75) is 33.3 Å². The van der Waals surface area contributed by atoms with Crippen LogP contribution in [0.1, 0.15) is 19.5 Å². The van der Waals surface area contributed by atoms with Crippen molar-refractivity contribution in [2.75, 3.05) is 13.2 Å². The molecule has 1 aliphatic heterocycles. The van der Waals surface area contributed by atoms with Crippen LogP contribution in [0.25, 0.3) is 0 Å². The summed E-state index contributed by atoms with van der Waals surface area (Å²) in [6.07, 6.45) is 1.41. The number of rotatable bonds is 3. The van der Waals surface area contributed by atoms with E-state index in [-0.39, 0.29) is 18.3 Å². The average molecular weight is 227 g/mol. The molecule has 1 aliphatic rings. The summed E-state index contributed by atoms with van der Waals surface area (Å²) in [6.45, 7) is 5.96. The summed E-state index contributed by atoms with van der Waals surface area (Å²) >= 11 is 0. The minimum Gasteiger partial charge on any atom is -0.390 e. The topological polar surface area (TPSA) is 69.4 Å². The van der Waals surface area contributed by atoms with Crippen LogP contribution >= 0.6 is 0 Å². The minimum atomic E-state index is -0.277. The Kier molecular flexibility index (Phi) is 3.22. The van der Waals surface area contributed by atoms with Crippen LogP contribution in [0.4, 0.5) is 0 Å². The van der Waals surface area contributed by atoms with Crippen molar-refractivity contribution < 1.29 is 14.6 Å². The smallest absolute Gasteiger partial charge is 0.177 e. The number of hydrogen-bond donors (Lipinski definition) is 1. The van der Waals surface area contributed by atoms with Crippen molar-refractivity contribution in [3.8, 4) is 0 Å². The largest absolute Gasteiger partial charge is 0.390 e.